The molecule has 3 rings (SSSR count). The van der Waals surface area contributed by atoms with Crippen LogP contribution in [0.25, 0.3) is 0 Å². The zero-order valence-corrected chi connectivity index (χ0v) is 15.7. The number of nitrogens with zero attached hydrogens (tertiary/aromatic N) is 2. The topological polar surface area (TPSA) is 76.1 Å². The van der Waals surface area contributed by atoms with Gasteiger partial charge in [0.2, 0.25) is 0 Å². The van der Waals surface area contributed by atoms with E-state index in [2.05, 4.69) is 20.6 Å². The zero-order valence-electron chi connectivity index (χ0n) is 15.7. The first kappa shape index (κ1) is 19.3. The highest BCUT2D eigenvalue weighted by atomic mass is 19.1. The van der Waals surface area contributed by atoms with Crippen molar-refractivity contribution in [3.8, 4) is 5.75 Å². The van der Waals surface area contributed by atoms with Crippen LogP contribution < -0.4 is 15.4 Å². The fraction of sp³-hybridized carbons (Fsp3) is 0.190. The minimum Gasteiger partial charge on any atom is -0.496 e. The predicted octanol–water partition coefficient (Wildman–Crippen LogP) is 3.47. The first-order valence-corrected chi connectivity index (χ1v) is 8.80. The van der Waals surface area contributed by atoms with Gasteiger partial charge in [-0.2, -0.15) is 0 Å². The monoisotopic (exact) mass is 380 g/mol. The lowest BCUT2D eigenvalue weighted by molar-refractivity contribution is 0.0945. The Labute approximate surface area is 162 Å². The SMILES string of the molecule is COc1ccccc1CNc1cc(C(=O)NCc2ccccc2F)nc(C)n1. The second-order valence-corrected chi connectivity index (χ2v) is 6.13. The van der Waals surface area contributed by atoms with E-state index in [1.54, 1.807) is 38.3 Å². The van der Waals surface area contributed by atoms with Crippen LogP contribution in [0.1, 0.15) is 27.4 Å². The van der Waals surface area contributed by atoms with Gasteiger partial charge in [-0.15, -0.1) is 0 Å². The summed E-state index contributed by atoms with van der Waals surface area (Å²) in [6, 6.07) is 15.5. The third-order valence-electron chi connectivity index (χ3n) is 4.12. The highest BCUT2D eigenvalue weighted by Gasteiger charge is 2.12. The maximum atomic E-state index is 13.7. The molecular formula is C21H21FN4O2. The summed E-state index contributed by atoms with van der Waals surface area (Å²) in [5.74, 6) is 0.995. The molecule has 0 saturated heterocycles. The van der Waals surface area contributed by atoms with Crippen LogP contribution in [-0.2, 0) is 13.1 Å². The highest BCUT2D eigenvalue weighted by Crippen LogP contribution is 2.18. The number of ether oxygens (including phenoxy) is 1. The Morgan fingerprint density at radius 2 is 1.75 bits per heavy atom. The minimum atomic E-state index is -0.394. The van der Waals surface area contributed by atoms with Crippen LogP contribution in [-0.4, -0.2) is 23.0 Å². The second-order valence-electron chi connectivity index (χ2n) is 6.13. The Morgan fingerprint density at radius 1 is 1.04 bits per heavy atom. The molecule has 1 aromatic heterocycles. The van der Waals surface area contributed by atoms with Gasteiger partial charge in [0.1, 0.15) is 28.9 Å². The predicted molar refractivity (Wildman–Crippen MR) is 105 cm³/mol. The minimum absolute atomic E-state index is 0.0819. The lowest BCUT2D eigenvalue weighted by Gasteiger charge is -2.11. The molecule has 0 unspecified atom stereocenters. The molecule has 6 nitrogen and oxygen atoms in total. The summed E-state index contributed by atoms with van der Waals surface area (Å²) >= 11 is 0. The van der Waals surface area contributed by atoms with E-state index >= 15 is 0 Å². The van der Waals surface area contributed by atoms with Crippen molar-refractivity contribution in [2.45, 2.75) is 20.0 Å². The molecular weight excluding hydrogens is 359 g/mol. The highest BCUT2D eigenvalue weighted by molar-refractivity contribution is 5.92. The molecule has 0 aliphatic rings. The molecule has 0 saturated carbocycles. The summed E-state index contributed by atoms with van der Waals surface area (Å²) in [4.78, 5) is 20.9. The molecule has 1 amide bonds. The summed E-state index contributed by atoms with van der Waals surface area (Å²) < 4.78 is 19.0. The standard InChI is InChI=1S/C21H21FN4O2/c1-14-25-18(21(27)24-12-15-7-3-5-9-17(15)22)11-20(26-14)23-13-16-8-4-6-10-19(16)28-2/h3-11H,12-13H2,1-2H3,(H,24,27)(H,23,25,26). The lowest BCUT2D eigenvalue weighted by atomic mass is 10.2. The van der Waals surface area contributed by atoms with Gasteiger partial charge < -0.3 is 15.4 Å². The number of hydrogen-bond donors (Lipinski definition) is 2. The van der Waals surface area contributed by atoms with Crippen LogP contribution >= 0.6 is 0 Å². The first-order valence-electron chi connectivity index (χ1n) is 8.80. The number of anilines is 1. The van der Waals surface area contributed by atoms with Crippen LogP contribution in [0.15, 0.2) is 54.6 Å². The van der Waals surface area contributed by atoms with Crippen LogP contribution in [0, 0.1) is 12.7 Å². The van der Waals surface area contributed by atoms with Gasteiger partial charge in [-0.1, -0.05) is 36.4 Å². The Hall–Kier alpha value is -3.48. The normalized spacial score (nSPS) is 10.4. The number of carbonyl (C=O) groups excluding carboxylic acids is 1. The van der Waals surface area contributed by atoms with Gasteiger partial charge in [-0.25, -0.2) is 14.4 Å². The van der Waals surface area contributed by atoms with E-state index in [-0.39, 0.29) is 18.1 Å². The van der Waals surface area contributed by atoms with E-state index in [0.717, 1.165) is 11.3 Å². The number of para-hydroxylation sites is 1. The summed E-state index contributed by atoms with van der Waals surface area (Å²) in [5.41, 5.74) is 1.59. The number of hydrogen-bond acceptors (Lipinski definition) is 5. The van der Waals surface area contributed by atoms with E-state index < -0.39 is 5.91 Å². The molecule has 0 spiro atoms. The molecule has 0 aliphatic carbocycles. The molecule has 0 atom stereocenters. The van der Waals surface area contributed by atoms with Crippen molar-refractivity contribution in [3.05, 3.63) is 83.1 Å². The van der Waals surface area contributed by atoms with E-state index in [1.165, 1.54) is 6.07 Å². The van der Waals surface area contributed by atoms with Gasteiger partial charge in [-0.3, -0.25) is 4.79 Å². The Morgan fingerprint density at radius 3 is 2.50 bits per heavy atom. The second kappa shape index (κ2) is 8.94. The molecule has 1 heterocycles. The van der Waals surface area contributed by atoms with Crippen LogP contribution in [0.3, 0.4) is 0 Å². The summed E-state index contributed by atoms with van der Waals surface area (Å²) in [6.07, 6.45) is 0. The van der Waals surface area contributed by atoms with Crippen LogP contribution in [0.5, 0.6) is 5.75 Å². The number of rotatable bonds is 7. The van der Waals surface area contributed by atoms with Gasteiger partial charge in [0.15, 0.2) is 0 Å². The third-order valence-corrected chi connectivity index (χ3v) is 4.12. The molecule has 0 aliphatic heterocycles. The maximum Gasteiger partial charge on any atom is 0.270 e. The van der Waals surface area contributed by atoms with Crippen molar-refractivity contribution < 1.29 is 13.9 Å². The lowest BCUT2D eigenvalue weighted by Crippen LogP contribution is -2.25. The molecule has 0 radical (unpaired) electrons. The number of methoxy groups -OCH3 is 1. The van der Waals surface area contributed by atoms with E-state index in [9.17, 15) is 9.18 Å². The number of nitrogens with one attached hydrogen (secondary N) is 2. The van der Waals surface area contributed by atoms with Crippen molar-refractivity contribution in [2.75, 3.05) is 12.4 Å². The number of halogens is 1. The zero-order chi connectivity index (χ0) is 19.9. The summed E-state index contributed by atoms with van der Waals surface area (Å²) in [5, 5.41) is 5.87. The molecule has 2 aromatic carbocycles. The van der Waals surface area contributed by atoms with Crippen molar-refractivity contribution >= 4 is 11.7 Å². The number of benzene rings is 2. The quantitative estimate of drug-likeness (QED) is 0.656. The van der Waals surface area contributed by atoms with Gasteiger partial charge in [0.05, 0.1) is 7.11 Å². The number of aryl methyl sites for hydroxylation is 1. The number of carbonyl (C=O) groups is 1. The fourth-order valence-electron chi connectivity index (χ4n) is 2.72. The largest absolute Gasteiger partial charge is 0.496 e. The number of amides is 1. The Balaban J connectivity index is 1.68. The van der Waals surface area contributed by atoms with Crippen LogP contribution in [0.4, 0.5) is 10.2 Å². The average molecular weight is 380 g/mol. The Bertz CT molecular complexity index is 978. The third kappa shape index (κ3) is 4.82. The van der Waals surface area contributed by atoms with Gasteiger partial charge in [0.25, 0.3) is 5.91 Å². The van der Waals surface area contributed by atoms with Crippen LogP contribution in [0.2, 0.25) is 0 Å². The molecule has 7 heteroatoms. The van der Waals surface area contributed by atoms with E-state index in [0.29, 0.717) is 23.8 Å². The molecule has 0 fully saturated rings. The molecule has 0 bridgehead atoms. The average Bonchev–Trinajstić information content (AvgIpc) is 2.71. The summed E-state index contributed by atoms with van der Waals surface area (Å²) in [6.45, 7) is 2.28. The molecule has 28 heavy (non-hydrogen) atoms. The van der Waals surface area contributed by atoms with Gasteiger partial charge in [0, 0.05) is 30.3 Å². The van der Waals surface area contributed by atoms with Crippen molar-refractivity contribution in [2.24, 2.45) is 0 Å². The van der Waals surface area contributed by atoms with E-state index in [1.807, 2.05) is 24.3 Å². The molecule has 2 N–H and O–H groups in total. The molecule has 144 valence electrons. The Kier molecular flexibility index (Phi) is 6.16. The van der Waals surface area contributed by atoms with E-state index in [4.69, 9.17) is 4.74 Å². The van der Waals surface area contributed by atoms with Crippen molar-refractivity contribution in [1.29, 1.82) is 0 Å². The van der Waals surface area contributed by atoms with Gasteiger partial charge >= 0.3 is 0 Å². The first-order chi connectivity index (χ1) is 13.6. The fourth-order valence-corrected chi connectivity index (χ4v) is 2.72. The maximum absolute atomic E-state index is 13.7. The smallest absolute Gasteiger partial charge is 0.270 e. The van der Waals surface area contributed by atoms with Crippen molar-refractivity contribution in [3.63, 3.8) is 0 Å². The van der Waals surface area contributed by atoms with Gasteiger partial charge in [-0.05, 0) is 19.1 Å². The molecule has 3 aromatic rings. The number of aromatic nitrogens is 2. The summed E-state index contributed by atoms with van der Waals surface area (Å²) in [7, 11) is 1.62. The van der Waals surface area contributed by atoms with Crippen molar-refractivity contribution in [1.82, 2.24) is 15.3 Å².